The summed E-state index contributed by atoms with van der Waals surface area (Å²) in [5, 5.41) is 3.74. The lowest BCUT2D eigenvalue weighted by Gasteiger charge is -2.37. The molecule has 130 valence electrons. The SMILES string of the molecule is O=C(c1csc(-c2cc(Cl)ccc2Cl)n1)N1CCCC2CCCC=C21. The van der Waals surface area contributed by atoms with Gasteiger partial charge in [-0.2, -0.15) is 0 Å². The predicted molar refractivity (Wildman–Crippen MR) is 103 cm³/mol. The molecule has 1 aliphatic carbocycles. The van der Waals surface area contributed by atoms with Crippen LogP contribution in [0.15, 0.2) is 35.4 Å². The molecular formula is C19H18Cl2N2OS. The van der Waals surface area contributed by atoms with Crippen LogP contribution in [0.5, 0.6) is 0 Å². The third-order valence-corrected chi connectivity index (χ3v) is 6.34. The quantitative estimate of drug-likeness (QED) is 0.624. The van der Waals surface area contributed by atoms with E-state index in [0.29, 0.717) is 21.7 Å². The molecule has 1 fully saturated rings. The molecule has 6 heteroatoms. The minimum atomic E-state index is -0.00139. The Kier molecular flexibility index (Phi) is 4.85. The summed E-state index contributed by atoms with van der Waals surface area (Å²) in [6.07, 6.45) is 7.98. The van der Waals surface area contributed by atoms with Crippen molar-refractivity contribution in [3.63, 3.8) is 0 Å². The third-order valence-electron chi connectivity index (χ3n) is 4.90. The van der Waals surface area contributed by atoms with Crippen molar-refractivity contribution in [3.05, 3.63) is 51.1 Å². The van der Waals surface area contributed by atoms with Gasteiger partial charge in [-0.15, -0.1) is 11.3 Å². The Morgan fingerprint density at radius 3 is 2.96 bits per heavy atom. The van der Waals surface area contributed by atoms with Gasteiger partial charge in [0.25, 0.3) is 5.91 Å². The third kappa shape index (κ3) is 3.35. The Hall–Kier alpha value is -1.36. The van der Waals surface area contributed by atoms with Crippen LogP contribution in [0.4, 0.5) is 0 Å². The molecular weight excluding hydrogens is 375 g/mol. The standard InChI is InChI=1S/C19H18Cl2N2OS/c20-13-7-8-15(21)14(10-13)18-22-16(11-25-18)19(24)23-9-3-5-12-4-1-2-6-17(12)23/h6-8,10-12H,1-5,9H2. The van der Waals surface area contributed by atoms with Crippen LogP contribution >= 0.6 is 34.5 Å². The second-order valence-electron chi connectivity index (χ2n) is 6.52. The Morgan fingerprint density at radius 2 is 2.08 bits per heavy atom. The smallest absolute Gasteiger partial charge is 0.277 e. The van der Waals surface area contributed by atoms with Crippen LogP contribution < -0.4 is 0 Å². The summed E-state index contributed by atoms with van der Waals surface area (Å²) in [5.74, 6) is 0.533. The Bertz CT molecular complexity index is 846. The van der Waals surface area contributed by atoms with Crippen molar-refractivity contribution >= 4 is 40.4 Å². The minimum absolute atomic E-state index is 0.00139. The molecule has 0 N–H and O–H groups in total. The molecule has 1 atom stereocenters. The number of amides is 1. The lowest BCUT2D eigenvalue weighted by Crippen LogP contribution is -2.39. The summed E-state index contributed by atoms with van der Waals surface area (Å²) < 4.78 is 0. The van der Waals surface area contributed by atoms with Crippen molar-refractivity contribution in [2.75, 3.05) is 6.54 Å². The number of benzene rings is 1. The largest absolute Gasteiger partial charge is 0.311 e. The van der Waals surface area contributed by atoms with Gasteiger partial charge in [0.15, 0.2) is 0 Å². The minimum Gasteiger partial charge on any atom is -0.311 e. The van der Waals surface area contributed by atoms with Gasteiger partial charge in [0.1, 0.15) is 10.7 Å². The van der Waals surface area contributed by atoms with Gasteiger partial charge in [-0.05, 0) is 56.2 Å². The van der Waals surface area contributed by atoms with Crippen LogP contribution in [0, 0.1) is 5.92 Å². The molecule has 1 amide bonds. The molecule has 0 saturated carbocycles. The first kappa shape index (κ1) is 17.1. The molecule has 0 bridgehead atoms. The average molecular weight is 393 g/mol. The first-order valence-electron chi connectivity index (χ1n) is 8.56. The molecule has 2 heterocycles. The highest BCUT2D eigenvalue weighted by Crippen LogP contribution is 2.37. The second kappa shape index (κ2) is 7.10. The van der Waals surface area contributed by atoms with Crippen molar-refractivity contribution in [1.82, 2.24) is 9.88 Å². The molecule has 3 nitrogen and oxygen atoms in total. The molecule has 25 heavy (non-hydrogen) atoms. The Morgan fingerprint density at radius 1 is 1.24 bits per heavy atom. The second-order valence-corrected chi connectivity index (χ2v) is 8.22. The van der Waals surface area contributed by atoms with Gasteiger partial charge in [0.05, 0.1) is 5.02 Å². The van der Waals surface area contributed by atoms with Gasteiger partial charge in [-0.1, -0.05) is 29.3 Å². The van der Waals surface area contributed by atoms with Crippen molar-refractivity contribution in [3.8, 4) is 10.6 Å². The fourth-order valence-electron chi connectivity index (χ4n) is 3.69. The first-order valence-corrected chi connectivity index (χ1v) is 10.2. The zero-order valence-corrected chi connectivity index (χ0v) is 16.0. The van der Waals surface area contributed by atoms with E-state index in [9.17, 15) is 4.79 Å². The number of fused-ring (bicyclic) bond motifs is 1. The van der Waals surface area contributed by atoms with Gasteiger partial charge in [0, 0.05) is 28.2 Å². The number of hydrogen-bond acceptors (Lipinski definition) is 3. The van der Waals surface area contributed by atoms with Crippen molar-refractivity contribution in [2.45, 2.75) is 32.1 Å². The lowest BCUT2D eigenvalue weighted by molar-refractivity contribution is 0.0744. The fraction of sp³-hybridized carbons (Fsp3) is 0.368. The van der Waals surface area contributed by atoms with Crippen LogP contribution in [0.1, 0.15) is 42.6 Å². The van der Waals surface area contributed by atoms with Gasteiger partial charge in [0.2, 0.25) is 0 Å². The lowest BCUT2D eigenvalue weighted by atomic mass is 9.85. The number of piperidine rings is 1. The zero-order chi connectivity index (χ0) is 17.4. The maximum atomic E-state index is 13.0. The van der Waals surface area contributed by atoms with Gasteiger partial charge in [-0.25, -0.2) is 4.98 Å². The molecule has 0 radical (unpaired) electrons. The molecule has 1 aliphatic heterocycles. The number of rotatable bonds is 2. The highest BCUT2D eigenvalue weighted by Gasteiger charge is 2.31. The van der Waals surface area contributed by atoms with E-state index in [1.807, 2.05) is 10.3 Å². The number of hydrogen-bond donors (Lipinski definition) is 0. The molecule has 2 aromatic rings. The van der Waals surface area contributed by atoms with E-state index in [1.54, 1.807) is 18.2 Å². The number of carbonyl (C=O) groups is 1. The summed E-state index contributed by atoms with van der Waals surface area (Å²) in [6, 6.07) is 5.29. The Labute approximate surface area is 161 Å². The van der Waals surface area contributed by atoms with Crippen LogP contribution in [-0.4, -0.2) is 22.3 Å². The maximum Gasteiger partial charge on any atom is 0.277 e. The molecule has 1 aromatic heterocycles. The molecule has 2 aliphatic rings. The zero-order valence-electron chi connectivity index (χ0n) is 13.7. The monoisotopic (exact) mass is 392 g/mol. The van der Waals surface area contributed by atoms with Gasteiger partial charge < -0.3 is 4.90 Å². The van der Waals surface area contributed by atoms with Crippen LogP contribution in [0.25, 0.3) is 10.6 Å². The number of aromatic nitrogens is 1. The van der Waals surface area contributed by atoms with Crippen molar-refractivity contribution in [1.29, 1.82) is 0 Å². The van der Waals surface area contributed by atoms with Crippen LogP contribution in [0.3, 0.4) is 0 Å². The molecule has 4 rings (SSSR count). The summed E-state index contributed by atoms with van der Waals surface area (Å²) in [5.41, 5.74) is 2.47. The normalized spacial score (nSPS) is 20.2. The van der Waals surface area contributed by atoms with E-state index in [1.165, 1.54) is 36.3 Å². The maximum absolute atomic E-state index is 13.0. The first-order chi connectivity index (χ1) is 12.1. The number of carbonyl (C=O) groups excluding carboxylic acids is 1. The average Bonchev–Trinajstić information content (AvgIpc) is 3.12. The fourth-order valence-corrected chi connectivity index (χ4v) is 4.95. The highest BCUT2D eigenvalue weighted by atomic mass is 35.5. The number of likely N-dealkylation sites (tertiary alicyclic amines) is 1. The molecule has 0 spiro atoms. The number of allylic oxidation sites excluding steroid dienone is 2. The van der Waals surface area contributed by atoms with Gasteiger partial charge >= 0.3 is 0 Å². The van der Waals surface area contributed by atoms with E-state index in [0.717, 1.165) is 30.0 Å². The summed E-state index contributed by atoms with van der Waals surface area (Å²) in [7, 11) is 0. The molecule has 1 aromatic carbocycles. The number of thiazole rings is 1. The number of nitrogens with zero attached hydrogens (tertiary/aromatic N) is 2. The topological polar surface area (TPSA) is 33.2 Å². The van der Waals surface area contributed by atoms with E-state index in [4.69, 9.17) is 23.2 Å². The van der Waals surface area contributed by atoms with Crippen molar-refractivity contribution < 1.29 is 4.79 Å². The van der Waals surface area contributed by atoms with Crippen LogP contribution in [-0.2, 0) is 0 Å². The summed E-state index contributed by atoms with van der Waals surface area (Å²) in [4.78, 5) is 19.5. The number of halogens is 2. The predicted octanol–water partition coefficient (Wildman–Crippen LogP) is 6.04. The van der Waals surface area contributed by atoms with E-state index < -0.39 is 0 Å². The van der Waals surface area contributed by atoms with E-state index >= 15 is 0 Å². The van der Waals surface area contributed by atoms with Crippen LogP contribution in [0.2, 0.25) is 10.0 Å². The molecule has 1 unspecified atom stereocenters. The highest BCUT2D eigenvalue weighted by molar-refractivity contribution is 7.13. The van der Waals surface area contributed by atoms with Gasteiger partial charge in [-0.3, -0.25) is 4.79 Å². The Balaban J connectivity index is 1.62. The summed E-state index contributed by atoms with van der Waals surface area (Å²) >= 11 is 13.8. The molecule has 1 saturated heterocycles. The van der Waals surface area contributed by atoms with E-state index in [2.05, 4.69) is 11.1 Å². The summed E-state index contributed by atoms with van der Waals surface area (Å²) in [6.45, 7) is 0.784. The van der Waals surface area contributed by atoms with E-state index in [-0.39, 0.29) is 5.91 Å². The van der Waals surface area contributed by atoms with Crippen molar-refractivity contribution in [2.24, 2.45) is 5.92 Å².